The summed E-state index contributed by atoms with van der Waals surface area (Å²) in [6, 6.07) is 17.1. The van der Waals surface area contributed by atoms with Gasteiger partial charge in [-0.05, 0) is 42.7 Å². The van der Waals surface area contributed by atoms with Crippen LogP contribution in [0.5, 0.6) is 0 Å². The van der Waals surface area contributed by atoms with Crippen molar-refractivity contribution in [1.29, 1.82) is 0 Å². The van der Waals surface area contributed by atoms with Gasteiger partial charge in [-0.2, -0.15) is 10.2 Å². The molecule has 208 valence electrons. The lowest BCUT2D eigenvalue weighted by Gasteiger charge is -2.29. The lowest BCUT2D eigenvalue weighted by atomic mass is 10.0. The Balaban J connectivity index is 1.51. The fourth-order valence-electron chi connectivity index (χ4n) is 5.40. The van der Waals surface area contributed by atoms with Gasteiger partial charge in [-0.3, -0.25) is 19.1 Å². The van der Waals surface area contributed by atoms with Gasteiger partial charge in [0.2, 0.25) is 0 Å². The molecule has 4 heterocycles. The molecule has 5 aromatic rings. The summed E-state index contributed by atoms with van der Waals surface area (Å²) in [6.45, 7) is 2.59. The molecule has 2 aromatic carbocycles. The average Bonchev–Trinajstić information content (AvgIpc) is 3.57. The molecular formula is C30H28BrN7O3. The highest BCUT2D eigenvalue weighted by molar-refractivity contribution is 9.10. The molecule has 0 radical (unpaired) electrons. The maximum atomic E-state index is 14.2. The predicted molar refractivity (Wildman–Crippen MR) is 158 cm³/mol. The Morgan fingerprint density at radius 1 is 1.10 bits per heavy atom. The first kappa shape index (κ1) is 26.7. The Kier molecular flexibility index (Phi) is 6.82. The zero-order chi connectivity index (χ0) is 28.8. The fourth-order valence-corrected chi connectivity index (χ4v) is 5.65. The third-order valence-corrected chi connectivity index (χ3v) is 8.44. The average molecular weight is 615 g/mol. The Hall–Kier alpha value is -4.51. The highest BCUT2D eigenvalue weighted by Crippen LogP contribution is 2.26. The van der Waals surface area contributed by atoms with Crippen molar-refractivity contribution in [2.75, 3.05) is 13.6 Å². The summed E-state index contributed by atoms with van der Waals surface area (Å²) < 4.78 is 5.71. The van der Waals surface area contributed by atoms with Gasteiger partial charge >= 0.3 is 0 Å². The van der Waals surface area contributed by atoms with Gasteiger partial charge in [-0.15, -0.1) is 0 Å². The Bertz CT molecular complexity index is 1890. The smallest absolute Gasteiger partial charge is 0.269 e. The molecule has 1 N–H and O–H groups in total. The number of rotatable bonds is 5. The summed E-state index contributed by atoms with van der Waals surface area (Å²) in [7, 11) is 3.22. The van der Waals surface area contributed by atoms with E-state index >= 15 is 0 Å². The van der Waals surface area contributed by atoms with E-state index in [4.69, 9.17) is 5.10 Å². The molecule has 0 fully saturated rings. The Labute approximate surface area is 244 Å². The molecule has 1 aliphatic rings. The van der Waals surface area contributed by atoms with E-state index in [-0.39, 0.29) is 23.9 Å². The van der Waals surface area contributed by atoms with Crippen LogP contribution in [0, 0.1) is 6.92 Å². The van der Waals surface area contributed by atoms with Crippen LogP contribution in [0.2, 0.25) is 0 Å². The van der Waals surface area contributed by atoms with Crippen LogP contribution >= 0.6 is 15.9 Å². The number of carbonyl (C=O) groups is 2. The van der Waals surface area contributed by atoms with Crippen molar-refractivity contribution >= 4 is 33.4 Å². The number of hydrogen-bond donors (Lipinski definition) is 1. The standard InChI is InChI=1S/C30H28BrN7O3/c1-18-13-20(9-10-23(18)31)29(40)36-12-11-22-25(17-36)38-28(21(16-33-38)14-19-7-5-4-6-8-19)37(30(22)41)26-15-24(27(39)32-2)35(3)34-26/h4-10,13,15-16H,11-12,14,17H2,1-3H3,(H,32,39). The van der Waals surface area contributed by atoms with E-state index in [9.17, 15) is 14.4 Å². The van der Waals surface area contributed by atoms with Crippen molar-refractivity contribution in [3.05, 3.63) is 115 Å². The summed E-state index contributed by atoms with van der Waals surface area (Å²) in [5.74, 6) is -0.0635. The third-order valence-electron chi connectivity index (χ3n) is 7.55. The predicted octanol–water partition coefficient (Wildman–Crippen LogP) is 3.44. The molecule has 41 heavy (non-hydrogen) atoms. The van der Waals surface area contributed by atoms with Crippen LogP contribution in [0.1, 0.15) is 48.8 Å². The minimum Gasteiger partial charge on any atom is -0.354 e. The number of benzene rings is 2. The van der Waals surface area contributed by atoms with Gasteiger partial charge in [0.15, 0.2) is 5.82 Å². The molecule has 2 amide bonds. The number of nitrogens with one attached hydrogen (secondary N) is 1. The second kappa shape index (κ2) is 10.5. The molecule has 3 aromatic heterocycles. The molecule has 0 saturated heterocycles. The van der Waals surface area contributed by atoms with Crippen LogP contribution in [0.3, 0.4) is 0 Å². The van der Waals surface area contributed by atoms with Gasteiger partial charge in [-0.25, -0.2) is 9.08 Å². The van der Waals surface area contributed by atoms with Gasteiger partial charge in [0.1, 0.15) is 11.3 Å². The summed E-state index contributed by atoms with van der Waals surface area (Å²) in [5, 5.41) is 11.9. The number of carbonyl (C=O) groups excluding carboxylic acids is 2. The van der Waals surface area contributed by atoms with Crippen LogP contribution < -0.4 is 10.9 Å². The van der Waals surface area contributed by atoms with Crippen LogP contribution in [-0.4, -0.2) is 54.3 Å². The van der Waals surface area contributed by atoms with Gasteiger partial charge in [0.25, 0.3) is 17.4 Å². The van der Waals surface area contributed by atoms with Gasteiger partial charge in [0, 0.05) is 54.3 Å². The van der Waals surface area contributed by atoms with Gasteiger partial charge in [-0.1, -0.05) is 46.3 Å². The van der Waals surface area contributed by atoms with E-state index in [1.165, 1.54) is 4.68 Å². The Morgan fingerprint density at radius 3 is 2.61 bits per heavy atom. The number of hydrogen-bond acceptors (Lipinski definition) is 5. The topological polar surface area (TPSA) is 107 Å². The van der Waals surface area contributed by atoms with E-state index in [1.807, 2.05) is 49.4 Å². The molecule has 0 bridgehead atoms. The van der Waals surface area contributed by atoms with Crippen molar-refractivity contribution in [2.45, 2.75) is 26.3 Å². The zero-order valence-electron chi connectivity index (χ0n) is 22.9. The number of aryl methyl sites for hydroxylation is 2. The minimum atomic E-state index is -0.302. The first-order valence-electron chi connectivity index (χ1n) is 13.3. The number of amides is 2. The number of nitrogens with zero attached hydrogens (tertiary/aromatic N) is 6. The third kappa shape index (κ3) is 4.65. The second-order valence-corrected chi connectivity index (χ2v) is 11.0. The molecule has 0 atom stereocenters. The van der Waals surface area contributed by atoms with E-state index < -0.39 is 0 Å². The fraction of sp³-hybridized carbons (Fsp3) is 0.233. The van der Waals surface area contributed by atoms with E-state index in [1.54, 1.807) is 46.4 Å². The number of fused-ring (bicyclic) bond motifs is 3. The summed E-state index contributed by atoms with van der Waals surface area (Å²) in [6.07, 6.45) is 2.67. The van der Waals surface area contributed by atoms with E-state index in [0.717, 1.165) is 21.2 Å². The molecule has 0 saturated carbocycles. The maximum absolute atomic E-state index is 14.2. The normalized spacial score (nSPS) is 12.9. The summed E-state index contributed by atoms with van der Waals surface area (Å²) in [4.78, 5) is 41.9. The maximum Gasteiger partial charge on any atom is 0.269 e. The Morgan fingerprint density at radius 2 is 1.88 bits per heavy atom. The van der Waals surface area contributed by atoms with Crippen LogP contribution in [0.15, 0.2) is 70.1 Å². The first-order chi connectivity index (χ1) is 19.8. The number of halogens is 1. The van der Waals surface area contributed by atoms with Crippen molar-refractivity contribution in [3.63, 3.8) is 0 Å². The zero-order valence-corrected chi connectivity index (χ0v) is 24.5. The van der Waals surface area contributed by atoms with Crippen molar-refractivity contribution in [1.82, 2.24) is 34.2 Å². The first-order valence-corrected chi connectivity index (χ1v) is 14.1. The summed E-state index contributed by atoms with van der Waals surface area (Å²) in [5.41, 5.74) is 5.39. The lowest BCUT2D eigenvalue weighted by molar-refractivity contribution is 0.0729. The van der Waals surface area contributed by atoms with E-state index in [0.29, 0.717) is 53.4 Å². The highest BCUT2D eigenvalue weighted by Gasteiger charge is 2.30. The molecular weight excluding hydrogens is 586 g/mol. The van der Waals surface area contributed by atoms with Crippen LogP contribution in [-0.2, 0) is 26.4 Å². The molecule has 0 aliphatic carbocycles. The van der Waals surface area contributed by atoms with Gasteiger partial charge < -0.3 is 10.2 Å². The van der Waals surface area contributed by atoms with E-state index in [2.05, 4.69) is 26.3 Å². The van der Waals surface area contributed by atoms with Crippen molar-refractivity contribution in [2.24, 2.45) is 7.05 Å². The molecule has 0 unspecified atom stereocenters. The largest absolute Gasteiger partial charge is 0.354 e. The second-order valence-electron chi connectivity index (χ2n) is 10.2. The molecule has 6 rings (SSSR count). The minimum absolute atomic E-state index is 0.0970. The van der Waals surface area contributed by atoms with Crippen molar-refractivity contribution in [3.8, 4) is 5.82 Å². The quantitative estimate of drug-likeness (QED) is 0.327. The molecule has 10 nitrogen and oxygen atoms in total. The van der Waals surface area contributed by atoms with Crippen molar-refractivity contribution < 1.29 is 9.59 Å². The summed E-state index contributed by atoms with van der Waals surface area (Å²) >= 11 is 3.50. The highest BCUT2D eigenvalue weighted by atomic mass is 79.9. The SMILES string of the molecule is CNC(=O)c1cc(-n2c(=O)c3c(n4ncc(Cc5ccccc5)c24)CN(C(=O)c2ccc(Br)c(C)c2)CC3)nn1C. The van der Waals surface area contributed by atoms with Gasteiger partial charge in [0.05, 0.1) is 18.4 Å². The number of aromatic nitrogens is 5. The van der Waals surface area contributed by atoms with Crippen LogP contribution in [0.25, 0.3) is 11.5 Å². The molecule has 11 heteroatoms. The van der Waals surface area contributed by atoms with Crippen LogP contribution in [0.4, 0.5) is 0 Å². The lowest BCUT2D eigenvalue weighted by Crippen LogP contribution is -2.41. The molecule has 1 aliphatic heterocycles. The molecule has 0 spiro atoms. The monoisotopic (exact) mass is 613 g/mol.